The molecule has 1 unspecified atom stereocenters. The van der Waals surface area contributed by atoms with Crippen LogP contribution in [0, 0.1) is 13.8 Å². The van der Waals surface area contributed by atoms with Crippen molar-refractivity contribution in [1.29, 1.82) is 0 Å². The first-order valence-corrected chi connectivity index (χ1v) is 6.78. The van der Waals surface area contributed by atoms with E-state index in [1.54, 1.807) is 19.1 Å². The van der Waals surface area contributed by atoms with Gasteiger partial charge in [-0.1, -0.05) is 29.8 Å². The average Bonchev–Trinajstić information content (AvgIpc) is 2.40. The molecule has 0 aliphatic rings. The fourth-order valence-corrected chi connectivity index (χ4v) is 2.51. The van der Waals surface area contributed by atoms with Crippen molar-refractivity contribution in [2.75, 3.05) is 0 Å². The van der Waals surface area contributed by atoms with Crippen LogP contribution < -0.4 is 5.73 Å². The summed E-state index contributed by atoms with van der Waals surface area (Å²) in [6.07, 6.45) is -4.35. The van der Waals surface area contributed by atoms with E-state index in [1.165, 1.54) is 6.07 Å². The molecule has 112 valence electrons. The van der Waals surface area contributed by atoms with Crippen LogP contribution in [-0.2, 0) is 6.18 Å². The fraction of sp³-hybridized carbons (Fsp3) is 0.250. The van der Waals surface area contributed by atoms with E-state index < -0.39 is 17.8 Å². The standard InChI is InChI=1S/C16H15ClF3N/c1-9-8-11(16(18,19)20)6-7-12(9)15(21)13-4-3-5-14(17)10(13)2/h3-8,15H,21H2,1-2H3. The third-order valence-corrected chi connectivity index (χ3v) is 3.99. The Morgan fingerprint density at radius 1 is 1.05 bits per heavy atom. The molecule has 2 aromatic carbocycles. The molecule has 0 aromatic heterocycles. The summed E-state index contributed by atoms with van der Waals surface area (Å²) in [5.41, 5.74) is 8.36. The second-order valence-corrected chi connectivity index (χ2v) is 5.41. The monoisotopic (exact) mass is 313 g/mol. The zero-order chi connectivity index (χ0) is 15.8. The predicted octanol–water partition coefficient (Wildman–Crippen LogP) is 5.02. The molecule has 2 aromatic rings. The molecule has 0 aliphatic carbocycles. The molecule has 2 rings (SSSR count). The normalized spacial score (nSPS) is 13.3. The molecule has 1 nitrogen and oxygen atoms in total. The molecular weight excluding hydrogens is 299 g/mol. The first kappa shape index (κ1) is 15.9. The van der Waals surface area contributed by atoms with Crippen molar-refractivity contribution < 1.29 is 13.2 Å². The smallest absolute Gasteiger partial charge is 0.320 e. The van der Waals surface area contributed by atoms with Crippen molar-refractivity contribution in [2.45, 2.75) is 26.1 Å². The van der Waals surface area contributed by atoms with Gasteiger partial charge in [0.15, 0.2) is 0 Å². The third kappa shape index (κ3) is 3.22. The number of hydrogen-bond donors (Lipinski definition) is 1. The van der Waals surface area contributed by atoms with Crippen LogP contribution in [0.15, 0.2) is 36.4 Å². The molecule has 0 amide bonds. The maximum Gasteiger partial charge on any atom is 0.416 e. The maximum absolute atomic E-state index is 12.7. The first-order chi connectivity index (χ1) is 9.71. The lowest BCUT2D eigenvalue weighted by molar-refractivity contribution is -0.137. The van der Waals surface area contributed by atoms with E-state index in [9.17, 15) is 13.2 Å². The zero-order valence-corrected chi connectivity index (χ0v) is 12.4. The quantitative estimate of drug-likeness (QED) is 0.827. The van der Waals surface area contributed by atoms with E-state index in [0.29, 0.717) is 16.1 Å². The van der Waals surface area contributed by atoms with E-state index >= 15 is 0 Å². The average molecular weight is 314 g/mol. The van der Waals surface area contributed by atoms with Gasteiger partial charge in [0, 0.05) is 5.02 Å². The van der Waals surface area contributed by atoms with Crippen molar-refractivity contribution in [2.24, 2.45) is 5.73 Å². The van der Waals surface area contributed by atoms with Crippen molar-refractivity contribution in [3.8, 4) is 0 Å². The predicted molar refractivity (Wildman–Crippen MR) is 78.4 cm³/mol. The van der Waals surface area contributed by atoms with E-state index in [4.69, 9.17) is 17.3 Å². The number of halogens is 4. The Hall–Kier alpha value is -1.52. The van der Waals surface area contributed by atoms with Gasteiger partial charge in [0.25, 0.3) is 0 Å². The Kier molecular flexibility index (Phi) is 4.30. The van der Waals surface area contributed by atoms with Gasteiger partial charge in [-0.25, -0.2) is 0 Å². The van der Waals surface area contributed by atoms with Crippen molar-refractivity contribution in [3.63, 3.8) is 0 Å². The largest absolute Gasteiger partial charge is 0.416 e. The Morgan fingerprint density at radius 2 is 1.71 bits per heavy atom. The lowest BCUT2D eigenvalue weighted by atomic mass is 9.92. The van der Waals surface area contributed by atoms with Crippen LogP contribution in [0.25, 0.3) is 0 Å². The molecule has 0 spiro atoms. The van der Waals surface area contributed by atoms with Crippen LogP contribution in [0.1, 0.15) is 33.9 Å². The molecule has 0 heterocycles. The molecule has 0 saturated heterocycles. The lowest BCUT2D eigenvalue weighted by Crippen LogP contribution is -2.16. The van der Waals surface area contributed by atoms with Gasteiger partial charge >= 0.3 is 6.18 Å². The minimum Gasteiger partial charge on any atom is -0.320 e. The van der Waals surface area contributed by atoms with Gasteiger partial charge in [-0.2, -0.15) is 13.2 Å². The van der Waals surface area contributed by atoms with E-state index in [2.05, 4.69) is 0 Å². The number of aryl methyl sites for hydroxylation is 1. The highest BCUT2D eigenvalue weighted by Gasteiger charge is 2.31. The third-order valence-electron chi connectivity index (χ3n) is 3.58. The SMILES string of the molecule is Cc1cc(C(F)(F)F)ccc1C(N)c1cccc(Cl)c1C. The summed E-state index contributed by atoms with van der Waals surface area (Å²) >= 11 is 6.07. The van der Waals surface area contributed by atoms with Crippen LogP contribution in [0.3, 0.4) is 0 Å². The van der Waals surface area contributed by atoms with Crippen molar-refractivity contribution >= 4 is 11.6 Å². The summed E-state index contributed by atoms with van der Waals surface area (Å²) in [6, 6.07) is 8.48. The second kappa shape index (κ2) is 5.70. The van der Waals surface area contributed by atoms with Gasteiger partial charge in [-0.3, -0.25) is 0 Å². The fourth-order valence-electron chi connectivity index (χ4n) is 2.33. The number of alkyl halides is 3. The Balaban J connectivity index is 2.45. The molecule has 0 aliphatic heterocycles. The summed E-state index contributed by atoms with van der Waals surface area (Å²) < 4.78 is 38.1. The van der Waals surface area contributed by atoms with Crippen molar-refractivity contribution in [1.82, 2.24) is 0 Å². The summed E-state index contributed by atoms with van der Waals surface area (Å²) in [5.74, 6) is 0. The van der Waals surface area contributed by atoms with Gasteiger partial charge in [-0.15, -0.1) is 0 Å². The highest BCUT2D eigenvalue weighted by molar-refractivity contribution is 6.31. The number of hydrogen-bond acceptors (Lipinski definition) is 1. The minimum atomic E-state index is -4.35. The van der Waals surface area contributed by atoms with Gasteiger partial charge in [0.2, 0.25) is 0 Å². The van der Waals surface area contributed by atoms with E-state index in [-0.39, 0.29) is 0 Å². The van der Waals surface area contributed by atoms with Crippen molar-refractivity contribution in [3.05, 3.63) is 69.2 Å². The maximum atomic E-state index is 12.7. The number of rotatable bonds is 2. The Labute approximate surface area is 126 Å². The lowest BCUT2D eigenvalue weighted by Gasteiger charge is -2.19. The summed E-state index contributed by atoms with van der Waals surface area (Å²) in [7, 11) is 0. The van der Waals surface area contributed by atoms with E-state index in [0.717, 1.165) is 23.3 Å². The van der Waals surface area contributed by atoms with Crippen LogP contribution in [0.2, 0.25) is 5.02 Å². The van der Waals surface area contributed by atoms with Gasteiger partial charge < -0.3 is 5.73 Å². The van der Waals surface area contributed by atoms with Crippen LogP contribution in [-0.4, -0.2) is 0 Å². The van der Waals surface area contributed by atoms with Gasteiger partial charge in [-0.05, 0) is 54.3 Å². The van der Waals surface area contributed by atoms with Crippen LogP contribution in [0.5, 0.6) is 0 Å². The highest BCUT2D eigenvalue weighted by Crippen LogP contribution is 2.33. The molecule has 0 saturated carbocycles. The second-order valence-electron chi connectivity index (χ2n) is 5.00. The molecular formula is C16H15ClF3N. The first-order valence-electron chi connectivity index (χ1n) is 6.40. The van der Waals surface area contributed by atoms with E-state index in [1.807, 2.05) is 13.0 Å². The Bertz CT molecular complexity index is 665. The van der Waals surface area contributed by atoms with Gasteiger partial charge in [0.1, 0.15) is 0 Å². The molecule has 2 N–H and O–H groups in total. The molecule has 1 atom stereocenters. The molecule has 5 heteroatoms. The minimum absolute atomic E-state index is 0.508. The topological polar surface area (TPSA) is 26.0 Å². The number of benzene rings is 2. The number of nitrogens with two attached hydrogens (primary N) is 1. The summed E-state index contributed by atoms with van der Waals surface area (Å²) in [5, 5.41) is 0.590. The van der Waals surface area contributed by atoms with Crippen LogP contribution in [0.4, 0.5) is 13.2 Å². The zero-order valence-electron chi connectivity index (χ0n) is 11.6. The highest BCUT2D eigenvalue weighted by atomic mass is 35.5. The molecule has 0 fully saturated rings. The summed E-state index contributed by atoms with van der Waals surface area (Å²) in [6.45, 7) is 3.47. The Morgan fingerprint density at radius 3 is 2.29 bits per heavy atom. The molecule has 21 heavy (non-hydrogen) atoms. The molecule has 0 radical (unpaired) electrons. The van der Waals surface area contributed by atoms with Crippen LogP contribution >= 0.6 is 11.6 Å². The summed E-state index contributed by atoms with van der Waals surface area (Å²) in [4.78, 5) is 0. The van der Waals surface area contributed by atoms with Gasteiger partial charge in [0.05, 0.1) is 11.6 Å². The molecule has 0 bridgehead atoms.